The van der Waals surface area contributed by atoms with Crippen LogP contribution in [0.3, 0.4) is 0 Å². The van der Waals surface area contributed by atoms with E-state index in [9.17, 15) is 14.9 Å². The molecule has 0 aliphatic carbocycles. The normalized spacial score (nSPS) is 10.9. The standard InChI is InChI=1S/C17H13N3O5/c1-11-15(8-9-24-11)17(21)19-18-10-14-6-7-16(25-14)12-2-4-13(5-3-12)20(22)23/h2-10H,1H3,(H,19,21). The lowest BCUT2D eigenvalue weighted by Crippen LogP contribution is -2.17. The minimum absolute atomic E-state index is 0.00865. The average molecular weight is 339 g/mol. The van der Waals surface area contributed by atoms with Crippen molar-refractivity contribution in [2.45, 2.75) is 6.92 Å². The number of hydrogen-bond donors (Lipinski definition) is 1. The molecule has 0 bridgehead atoms. The summed E-state index contributed by atoms with van der Waals surface area (Å²) in [7, 11) is 0. The number of furan rings is 2. The summed E-state index contributed by atoms with van der Waals surface area (Å²) in [4.78, 5) is 22.1. The molecule has 25 heavy (non-hydrogen) atoms. The van der Waals surface area contributed by atoms with Crippen molar-refractivity contribution in [3.05, 3.63) is 75.9 Å². The maximum Gasteiger partial charge on any atom is 0.274 e. The molecule has 0 atom stereocenters. The summed E-state index contributed by atoms with van der Waals surface area (Å²) in [6, 6.07) is 10.9. The fourth-order valence-electron chi connectivity index (χ4n) is 2.16. The fourth-order valence-corrected chi connectivity index (χ4v) is 2.16. The number of rotatable bonds is 5. The van der Waals surface area contributed by atoms with Gasteiger partial charge in [-0.15, -0.1) is 0 Å². The molecule has 0 radical (unpaired) electrons. The summed E-state index contributed by atoms with van der Waals surface area (Å²) in [5, 5.41) is 14.5. The molecule has 2 heterocycles. The van der Waals surface area contributed by atoms with Crippen molar-refractivity contribution in [2.24, 2.45) is 5.10 Å². The lowest BCUT2D eigenvalue weighted by atomic mass is 10.1. The molecule has 2 aromatic heterocycles. The Bertz CT molecular complexity index is 937. The zero-order chi connectivity index (χ0) is 17.8. The number of benzene rings is 1. The molecule has 0 fully saturated rings. The van der Waals surface area contributed by atoms with E-state index in [1.54, 1.807) is 37.3 Å². The van der Waals surface area contributed by atoms with Crippen LogP contribution in [0.4, 0.5) is 5.69 Å². The van der Waals surface area contributed by atoms with Crippen LogP contribution in [-0.4, -0.2) is 17.0 Å². The number of nitro groups is 1. The summed E-state index contributed by atoms with van der Waals surface area (Å²) >= 11 is 0. The third-order valence-electron chi connectivity index (χ3n) is 3.45. The molecule has 0 unspecified atom stereocenters. The van der Waals surface area contributed by atoms with Gasteiger partial charge in [0.1, 0.15) is 17.3 Å². The van der Waals surface area contributed by atoms with Gasteiger partial charge in [-0.2, -0.15) is 5.10 Å². The minimum atomic E-state index is -0.464. The van der Waals surface area contributed by atoms with E-state index >= 15 is 0 Å². The van der Waals surface area contributed by atoms with E-state index < -0.39 is 4.92 Å². The molecule has 1 aromatic carbocycles. The van der Waals surface area contributed by atoms with Crippen molar-refractivity contribution in [1.29, 1.82) is 0 Å². The largest absolute Gasteiger partial charge is 0.469 e. The second kappa shape index (κ2) is 6.83. The molecule has 0 saturated heterocycles. The molecule has 0 spiro atoms. The minimum Gasteiger partial charge on any atom is -0.469 e. The first-order chi connectivity index (χ1) is 12.0. The van der Waals surface area contributed by atoms with Crippen molar-refractivity contribution >= 4 is 17.8 Å². The van der Waals surface area contributed by atoms with Crippen molar-refractivity contribution in [1.82, 2.24) is 5.43 Å². The Morgan fingerprint density at radius 2 is 1.96 bits per heavy atom. The quantitative estimate of drug-likeness (QED) is 0.434. The van der Waals surface area contributed by atoms with Crippen LogP contribution in [-0.2, 0) is 0 Å². The summed E-state index contributed by atoms with van der Waals surface area (Å²) in [6.07, 6.45) is 2.79. The van der Waals surface area contributed by atoms with Crippen molar-refractivity contribution in [3.8, 4) is 11.3 Å². The third-order valence-corrected chi connectivity index (χ3v) is 3.45. The number of non-ortho nitro benzene ring substituents is 1. The molecule has 8 nitrogen and oxygen atoms in total. The van der Waals surface area contributed by atoms with E-state index in [2.05, 4.69) is 10.5 Å². The highest BCUT2D eigenvalue weighted by molar-refractivity contribution is 5.95. The van der Waals surface area contributed by atoms with E-state index in [1.807, 2.05) is 0 Å². The van der Waals surface area contributed by atoms with Gasteiger partial charge in [0.25, 0.3) is 11.6 Å². The second-order valence-corrected chi connectivity index (χ2v) is 5.10. The Labute approximate surface area is 141 Å². The summed E-state index contributed by atoms with van der Waals surface area (Å²) in [6.45, 7) is 1.68. The Hall–Kier alpha value is -3.68. The topological polar surface area (TPSA) is 111 Å². The number of nitrogens with zero attached hydrogens (tertiary/aromatic N) is 2. The SMILES string of the molecule is Cc1occc1C(=O)NN=Cc1ccc(-c2ccc([N+](=O)[O-])cc2)o1. The monoisotopic (exact) mass is 339 g/mol. The molecular weight excluding hydrogens is 326 g/mol. The van der Waals surface area contributed by atoms with Crippen LogP contribution in [0.1, 0.15) is 21.9 Å². The van der Waals surface area contributed by atoms with Gasteiger partial charge in [0, 0.05) is 17.7 Å². The summed E-state index contributed by atoms with van der Waals surface area (Å²) < 4.78 is 10.6. The number of nitrogens with one attached hydrogen (secondary N) is 1. The number of aryl methyl sites for hydroxylation is 1. The molecule has 1 N–H and O–H groups in total. The third kappa shape index (κ3) is 3.63. The van der Waals surface area contributed by atoms with Crippen molar-refractivity contribution in [2.75, 3.05) is 0 Å². The zero-order valence-corrected chi connectivity index (χ0v) is 13.1. The van der Waals surface area contributed by atoms with Crippen LogP contribution in [0.25, 0.3) is 11.3 Å². The van der Waals surface area contributed by atoms with Crippen LogP contribution in [0, 0.1) is 17.0 Å². The van der Waals surface area contributed by atoms with Gasteiger partial charge in [0.2, 0.25) is 0 Å². The molecular formula is C17H13N3O5. The second-order valence-electron chi connectivity index (χ2n) is 5.10. The molecule has 1 amide bonds. The fraction of sp³-hybridized carbons (Fsp3) is 0.0588. The van der Waals surface area contributed by atoms with Crippen molar-refractivity contribution < 1.29 is 18.6 Å². The first-order valence-corrected chi connectivity index (χ1v) is 7.27. The summed E-state index contributed by atoms with van der Waals surface area (Å²) in [5.74, 6) is 1.08. The van der Waals surface area contributed by atoms with Gasteiger partial charge in [0.05, 0.1) is 23.0 Å². The number of carbonyl (C=O) groups excluding carboxylic acids is 1. The Morgan fingerprint density at radius 3 is 2.60 bits per heavy atom. The maximum atomic E-state index is 11.9. The maximum absolute atomic E-state index is 11.9. The van der Waals surface area contributed by atoms with Crippen LogP contribution >= 0.6 is 0 Å². The number of nitro benzene ring substituents is 1. The van der Waals surface area contributed by atoms with Gasteiger partial charge in [-0.3, -0.25) is 14.9 Å². The Kier molecular flexibility index (Phi) is 4.42. The molecule has 8 heteroatoms. The zero-order valence-electron chi connectivity index (χ0n) is 13.1. The van der Waals surface area contributed by atoms with Gasteiger partial charge in [0.15, 0.2) is 0 Å². The highest BCUT2D eigenvalue weighted by atomic mass is 16.6. The van der Waals surface area contributed by atoms with Gasteiger partial charge >= 0.3 is 0 Å². The summed E-state index contributed by atoms with van der Waals surface area (Å²) in [5.41, 5.74) is 3.49. The smallest absolute Gasteiger partial charge is 0.274 e. The molecule has 0 aliphatic rings. The molecule has 3 rings (SSSR count). The van der Waals surface area contributed by atoms with E-state index in [0.29, 0.717) is 28.4 Å². The number of hydrogen-bond acceptors (Lipinski definition) is 6. The molecule has 126 valence electrons. The lowest BCUT2D eigenvalue weighted by Gasteiger charge is -1.97. The highest BCUT2D eigenvalue weighted by Crippen LogP contribution is 2.24. The number of carbonyl (C=O) groups is 1. The molecule has 0 aliphatic heterocycles. The first kappa shape index (κ1) is 16.2. The van der Waals surface area contributed by atoms with Crippen LogP contribution in [0.2, 0.25) is 0 Å². The van der Waals surface area contributed by atoms with Gasteiger partial charge in [-0.05, 0) is 37.3 Å². The molecule has 3 aromatic rings. The van der Waals surface area contributed by atoms with Crippen molar-refractivity contribution in [3.63, 3.8) is 0 Å². The van der Waals surface area contributed by atoms with Crippen LogP contribution in [0.15, 0.2) is 62.7 Å². The first-order valence-electron chi connectivity index (χ1n) is 7.27. The van der Waals surface area contributed by atoms with Crippen LogP contribution in [0.5, 0.6) is 0 Å². The predicted molar refractivity (Wildman–Crippen MR) is 89.3 cm³/mol. The number of hydrazone groups is 1. The lowest BCUT2D eigenvalue weighted by molar-refractivity contribution is -0.384. The van der Waals surface area contributed by atoms with Gasteiger partial charge < -0.3 is 8.83 Å². The van der Waals surface area contributed by atoms with E-state index in [4.69, 9.17) is 8.83 Å². The highest BCUT2D eigenvalue weighted by Gasteiger charge is 2.10. The van der Waals surface area contributed by atoms with Gasteiger partial charge in [-0.1, -0.05) is 0 Å². The Balaban J connectivity index is 1.66. The van der Waals surface area contributed by atoms with Crippen LogP contribution < -0.4 is 5.43 Å². The average Bonchev–Trinajstić information content (AvgIpc) is 3.24. The van der Waals surface area contributed by atoms with E-state index in [1.165, 1.54) is 24.6 Å². The number of amides is 1. The molecule has 0 saturated carbocycles. The van der Waals surface area contributed by atoms with E-state index in [0.717, 1.165) is 0 Å². The van der Waals surface area contributed by atoms with E-state index in [-0.39, 0.29) is 11.6 Å². The van der Waals surface area contributed by atoms with Gasteiger partial charge in [-0.25, -0.2) is 5.43 Å². The predicted octanol–water partition coefficient (Wildman–Crippen LogP) is 3.52. The Morgan fingerprint density at radius 1 is 1.20 bits per heavy atom.